The van der Waals surface area contributed by atoms with Gasteiger partial charge in [-0.3, -0.25) is 0 Å². The van der Waals surface area contributed by atoms with Gasteiger partial charge in [0, 0.05) is 12.8 Å². The van der Waals surface area contributed by atoms with Crippen molar-refractivity contribution in [3.63, 3.8) is 0 Å². The molecule has 1 aliphatic carbocycles. The monoisotopic (exact) mass is 372 g/mol. The second kappa shape index (κ2) is 5.81. The van der Waals surface area contributed by atoms with Crippen LogP contribution >= 0.6 is 22.6 Å². The molecule has 0 saturated carbocycles. The van der Waals surface area contributed by atoms with E-state index >= 15 is 0 Å². The average Bonchev–Trinajstić information content (AvgIpc) is 2.88. The smallest absolute Gasteiger partial charge is 0.172 e. The Labute approximate surface area is 127 Å². The van der Waals surface area contributed by atoms with E-state index in [0.717, 1.165) is 41.8 Å². The Kier molecular flexibility index (Phi) is 4.10. The predicted molar refractivity (Wildman–Crippen MR) is 81.2 cm³/mol. The number of benzene rings is 1. The van der Waals surface area contributed by atoms with Gasteiger partial charge in [-0.2, -0.15) is 0 Å². The minimum absolute atomic E-state index is 0.329. The number of ether oxygens (including phenoxy) is 3. The van der Waals surface area contributed by atoms with Gasteiger partial charge in [0.2, 0.25) is 0 Å². The maximum atomic E-state index is 5.87. The van der Waals surface area contributed by atoms with E-state index in [2.05, 4.69) is 34.7 Å². The molecule has 0 N–H and O–H groups in total. The van der Waals surface area contributed by atoms with Gasteiger partial charge in [-0.05, 0) is 46.7 Å². The molecular weight excluding hydrogens is 355 g/mol. The summed E-state index contributed by atoms with van der Waals surface area (Å²) < 4.78 is 18.4. The second-order valence-electron chi connectivity index (χ2n) is 4.89. The zero-order valence-electron chi connectivity index (χ0n) is 10.7. The number of hydrogen-bond donors (Lipinski definition) is 0. The quantitative estimate of drug-likeness (QED) is 0.600. The van der Waals surface area contributed by atoms with Crippen molar-refractivity contribution in [3.8, 4) is 5.75 Å². The van der Waals surface area contributed by atoms with E-state index in [4.69, 9.17) is 14.2 Å². The number of rotatable bonds is 3. The molecule has 102 valence electrons. The van der Waals surface area contributed by atoms with E-state index in [1.807, 2.05) is 18.2 Å². The Morgan fingerprint density at radius 1 is 1.21 bits per heavy atom. The molecule has 2 aliphatic rings. The molecule has 1 aliphatic heterocycles. The van der Waals surface area contributed by atoms with E-state index in [-0.39, 0.29) is 5.79 Å². The van der Waals surface area contributed by atoms with Gasteiger partial charge in [-0.1, -0.05) is 18.2 Å². The first kappa shape index (κ1) is 13.4. The normalized spacial score (nSPS) is 21.4. The zero-order valence-corrected chi connectivity index (χ0v) is 12.9. The van der Waals surface area contributed by atoms with Crippen molar-refractivity contribution < 1.29 is 14.2 Å². The zero-order chi connectivity index (χ0) is 13.1. The summed E-state index contributed by atoms with van der Waals surface area (Å²) in [6.45, 7) is 2.11. The summed E-state index contributed by atoms with van der Waals surface area (Å²) >= 11 is 2.30. The van der Waals surface area contributed by atoms with Crippen molar-refractivity contribution in [1.82, 2.24) is 0 Å². The number of hydrogen-bond acceptors (Lipinski definition) is 3. The summed E-state index contributed by atoms with van der Waals surface area (Å²) in [5.74, 6) is 0.627. The van der Waals surface area contributed by atoms with Crippen LogP contribution in [0.4, 0.5) is 0 Å². The second-order valence-corrected chi connectivity index (χ2v) is 6.06. The van der Waals surface area contributed by atoms with Crippen molar-refractivity contribution in [2.45, 2.75) is 25.0 Å². The van der Waals surface area contributed by atoms with Gasteiger partial charge in [0.25, 0.3) is 0 Å². The molecule has 1 aromatic carbocycles. The van der Waals surface area contributed by atoms with Crippen molar-refractivity contribution in [1.29, 1.82) is 0 Å². The van der Waals surface area contributed by atoms with Crippen molar-refractivity contribution in [2.75, 3.05) is 19.8 Å². The molecule has 1 spiro atoms. The lowest BCUT2D eigenvalue weighted by Gasteiger charge is -2.30. The Balaban J connectivity index is 1.57. The Morgan fingerprint density at radius 2 is 2.00 bits per heavy atom. The Morgan fingerprint density at radius 3 is 2.68 bits per heavy atom. The maximum Gasteiger partial charge on any atom is 0.172 e. The lowest BCUT2D eigenvalue weighted by Crippen LogP contribution is -2.32. The Bertz CT molecular complexity index is 478. The molecule has 1 aromatic rings. The fraction of sp³-hybridized carbons (Fsp3) is 0.467. The molecule has 19 heavy (non-hydrogen) atoms. The molecule has 0 atom stereocenters. The van der Waals surface area contributed by atoms with Crippen LogP contribution < -0.4 is 4.74 Å². The maximum absolute atomic E-state index is 5.87. The Hall–Kier alpha value is -0.590. The van der Waals surface area contributed by atoms with Gasteiger partial charge in [-0.15, -0.1) is 0 Å². The molecule has 3 rings (SSSR count). The summed E-state index contributed by atoms with van der Waals surface area (Å²) in [7, 11) is 0. The van der Waals surface area contributed by atoms with Crippen LogP contribution in [0.2, 0.25) is 0 Å². The highest BCUT2D eigenvalue weighted by Crippen LogP contribution is 2.35. The van der Waals surface area contributed by atoms with Gasteiger partial charge in [0.15, 0.2) is 5.79 Å². The van der Waals surface area contributed by atoms with Gasteiger partial charge >= 0.3 is 0 Å². The van der Waals surface area contributed by atoms with Gasteiger partial charge in [0.1, 0.15) is 12.4 Å². The van der Waals surface area contributed by atoms with Crippen LogP contribution in [0.15, 0.2) is 35.9 Å². The minimum atomic E-state index is -0.329. The first-order chi connectivity index (χ1) is 9.27. The molecule has 0 bridgehead atoms. The van der Waals surface area contributed by atoms with Crippen LogP contribution in [-0.2, 0) is 9.47 Å². The molecule has 1 fully saturated rings. The summed E-state index contributed by atoms with van der Waals surface area (Å²) in [5.41, 5.74) is 1.34. The van der Waals surface area contributed by atoms with Crippen molar-refractivity contribution in [2.24, 2.45) is 0 Å². The van der Waals surface area contributed by atoms with E-state index < -0.39 is 0 Å². The topological polar surface area (TPSA) is 27.7 Å². The lowest BCUT2D eigenvalue weighted by molar-refractivity contribution is -0.161. The minimum Gasteiger partial charge on any atom is -0.488 e. The fourth-order valence-electron chi connectivity index (χ4n) is 2.48. The number of halogens is 1. The van der Waals surface area contributed by atoms with Crippen molar-refractivity contribution >= 4 is 22.6 Å². The first-order valence-corrected chi connectivity index (χ1v) is 7.68. The largest absolute Gasteiger partial charge is 0.488 e. The molecule has 0 radical (unpaired) electrons. The molecular formula is C15H17IO3. The van der Waals surface area contributed by atoms with Gasteiger partial charge in [0.05, 0.1) is 16.8 Å². The highest BCUT2D eigenvalue weighted by Gasteiger charge is 2.37. The predicted octanol–water partition coefficient (Wildman–Crippen LogP) is 3.52. The van der Waals surface area contributed by atoms with Crippen LogP contribution in [0.3, 0.4) is 0 Å². The van der Waals surface area contributed by atoms with Crippen LogP contribution in [0, 0.1) is 3.57 Å². The molecule has 0 amide bonds. The van der Waals surface area contributed by atoms with Crippen LogP contribution in [-0.4, -0.2) is 25.6 Å². The van der Waals surface area contributed by atoms with E-state index in [1.165, 1.54) is 5.57 Å². The SMILES string of the molecule is Ic1ccccc1OCC1=CCC2(CC1)OCCO2. The van der Waals surface area contributed by atoms with Crippen LogP contribution in [0.5, 0.6) is 5.75 Å². The highest BCUT2D eigenvalue weighted by molar-refractivity contribution is 14.1. The highest BCUT2D eigenvalue weighted by atomic mass is 127. The lowest BCUT2D eigenvalue weighted by atomic mass is 9.94. The first-order valence-electron chi connectivity index (χ1n) is 6.61. The molecule has 0 unspecified atom stereocenters. The van der Waals surface area contributed by atoms with E-state index in [0.29, 0.717) is 6.61 Å². The summed E-state index contributed by atoms with van der Waals surface area (Å²) in [4.78, 5) is 0. The molecule has 0 aromatic heterocycles. The van der Waals surface area contributed by atoms with Crippen molar-refractivity contribution in [3.05, 3.63) is 39.5 Å². The molecule has 1 saturated heterocycles. The number of para-hydroxylation sites is 1. The van der Waals surface area contributed by atoms with E-state index in [9.17, 15) is 0 Å². The van der Waals surface area contributed by atoms with Gasteiger partial charge in [-0.25, -0.2) is 0 Å². The summed E-state index contributed by atoms with van der Waals surface area (Å²) in [6, 6.07) is 8.09. The third kappa shape index (κ3) is 3.12. The molecule has 3 nitrogen and oxygen atoms in total. The third-order valence-electron chi connectivity index (χ3n) is 3.59. The third-order valence-corrected chi connectivity index (χ3v) is 4.48. The van der Waals surface area contributed by atoms with Crippen LogP contribution in [0.1, 0.15) is 19.3 Å². The molecule has 4 heteroatoms. The van der Waals surface area contributed by atoms with Crippen LogP contribution in [0.25, 0.3) is 0 Å². The average molecular weight is 372 g/mol. The summed E-state index contributed by atoms with van der Waals surface area (Å²) in [6.07, 6.45) is 4.99. The van der Waals surface area contributed by atoms with E-state index in [1.54, 1.807) is 0 Å². The summed E-state index contributed by atoms with van der Waals surface area (Å²) in [5, 5.41) is 0. The fourth-order valence-corrected chi connectivity index (χ4v) is 3.02. The standard InChI is InChI=1S/C15H17IO3/c16-13-3-1-2-4-14(13)17-11-12-5-7-15(8-6-12)18-9-10-19-15/h1-5H,6-11H2. The molecule has 1 heterocycles. The van der Waals surface area contributed by atoms with Gasteiger partial charge < -0.3 is 14.2 Å².